The predicted octanol–water partition coefficient (Wildman–Crippen LogP) is 2.73. The van der Waals surface area contributed by atoms with Crippen molar-refractivity contribution in [2.45, 2.75) is 26.2 Å². The molecule has 1 atom stereocenters. The molecule has 7 nitrogen and oxygen atoms in total. The normalized spacial score (nSPS) is 17.2. The fourth-order valence-electron chi connectivity index (χ4n) is 3.06. The van der Waals surface area contributed by atoms with Gasteiger partial charge in [0.25, 0.3) is 0 Å². The molecule has 1 saturated heterocycles. The van der Waals surface area contributed by atoms with Crippen molar-refractivity contribution >= 4 is 28.2 Å². The first-order valence-corrected chi connectivity index (χ1v) is 9.87. The van der Waals surface area contributed by atoms with Crippen LogP contribution in [0.4, 0.5) is 10.9 Å². The lowest BCUT2D eigenvalue weighted by atomic mass is 10.0. The summed E-state index contributed by atoms with van der Waals surface area (Å²) in [5.41, 5.74) is 0.978. The molecule has 1 fully saturated rings. The van der Waals surface area contributed by atoms with E-state index in [0.29, 0.717) is 6.54 Å². The molecule has 0 aliphatic carbocycles. The quantitative estimate of drug-likeness (QED) is 0.770. The highest BCUT2D eigenvalue weighted by molar-refractivity contribution is 7.15. The molecule has 27 heavy (non-hydrogen) atoms. The van der Waals surface area contributed by atoms with E-state index in [0.717, 1.165) is 46.9 Å². The third kappa shape index (κ3) is 5.33. The second-order valence-corrected chi connectivity index (χ2v) is 8.30. The van der Waals surface area contributed by atoms with Crippen molar-refractivity contribution in [3.05, 3.63) is 40.8 Å². The Balaban J connectivity index is 1.66. The summed E-state index contributed by atoms with van der Waals surface area (Å²) in [6.45, 7) is 6.13. The minimum Gasteiger partial charge on any atom is -0.338 e. The lowest BCUT2D eigenvalue weighted by Gasteiger charge is -2.15. The van der Waals surface area contributed by atoms with Crippen LogP contribution < -0.4 is 5.32 Å². The third-order valence-electron chi connectivity index (χ3n) is 4.36. The van der Waals surface area contributed by atoms with Gasteiger partial charge in [-0.25, -0.2) is 15.0 Å². The molecule has 3 rings (SSSR count). The van der Waals surface area contributed by atoms with Crippen molar-refractivity contribution in [2.24, 2.45) is 0 Å². The van der Waals surface area contributed by atoms with Crippen LogP contribution in [0.1, 0.15) is 28.7 Å². The molecule has 1 N–H and O–H groups in total. The van der Waals surface area contributed by atoms with E-state index >= 15 is 0 Å². The highest BCUT2D eigenvalue weighted by Gasteiger charge is 2.27. The van der Waals surface area contributed by atoms with Gasteiger partial charge in [-0.2, -0.15) is 0 Å². The molecule has 0 aromatic carbocycles. The Kier molecular flexibility index (Phi) is 6.18. The number of nitrogens with one attached hydrogen (secondary N) is 1. The fraction of sp³-hybridized carbons (Fsp3) is 0.474. The number of thiazole rings is 1. The zero-order valence-corrected chi connectivity index (χ0v) is 17.1. The van der Waals surface area contributed by atoms with Gasteiger partial charge in [-0.3, -0.25) is 4.79 Å². The summed E-state index contributed by atoms with van der Waals surface area (Å²) in [6, 6.07) is 1.98. The molecule has 0 spiro atoms. The molecule has 0 unspecified atom stereocenters. The van der Waals surface area contributed by atoms with Crippen LogP contribution in [0.25, 0.3) is 0 Å². The van der Waals surface area contributed by atoms with Crippen LogP contribution in [0.3, 0.4) is 0 Å². The van der Waals surface area contributed by atoms with Crippen LogP contribution in [0, 0.1) is 13.8 Å². The fourth-order valence-corrected chi connectivity index (χ4v) is 3.73. The van der Waals surface area contributed by atoms with Gasteiger partial charge in [-0.05, 0) is 34.4 Å². The Morgan fingerprint density at radius 3 is 2.93 bits per heavy atom. The van der Waals surface area contributed by atoms with Gasteiger partial charge in [0.1, 0.15) is 11.6 Å². The number of likely N-dealkylation sites (tertiary alicyclic amines) is 1. The Bertz CT molecular complexity index is 831. The highest BCUT2D eigenvalue weighted by atomic mass is 32.1. The average Bonchev–Trinajstić information content (AvgIpc) is 3.23. The van der Waals surface area contributed by atoms with Gasteiger partial charge in [0.2, 0.25) is 5.91 Å². The minimum absolute atomic E-state index is 0.0711. The third-order valence-corrected chi connectivity index (χ3v) is 5.19. The van der Waals surface area contributed by atoms with E-state index in [4.69, 9.17) is 0 Å². The number of hydrogen-bond donors (Lipinski definition) is 1. The minimum atomic E-state index is 0.0711. The van der Waals surface area contributed by atoms with E-state index in [-0.39, 0.29) is 11.8 Å². The molecular formula is C19H26N6OS. The van der Waals surface area contributed by atoms with Crippen LogP contribution in [-0.2, 0) is 4.79 Å². The van der Waals surface area contributed by atoms with Crippen LogP contribution in [0.15, 0.2) is 24.4 Å². The maximum Gasteiger partial charge on any atom is 0.246 e. The number of likely N-dealkylation sites (N-methyl/N-ethyl adjacent to an activating group) is 1. The van der Waals surface area contributed by atoms with Crippen LogP contribution in [-0.4, -0.2) is 64.4 Å². The van der Waals surface area contributed by atoms with Crippen molar-refractivity contribution in [2.75, 3.05) is 39.0 Å². The van der Waals surface area contributed by atoms with E-state index < -0.39 is 0 Å². The van der Waals surface area contributed by atoms with Gasteiger partial charge in [-0.1, -0.05) is 6.08 Å². The summed E-state index contributed by atoms with van der Waals surface area (Å²) >= 11 is 1.59. The summed E-state index contributed by atoms with van der Waals surface area (Å²) in [4.78, 5) is 30.8. The Morgan fingerprint density at radius 1 is 1.41 bits per heavy atom. The van der Waals surface area contributed by atoms with E-state index in [2.05, 4.69) is 20.3 Å². The smallest absolute Gasteiger partial charge is 0.246 e. The largest absolute Gasteiger partial charge is 0.338 e. The number of aromatic nitrogens is 3. The molecule has 1 amide bonds. The Labute approximate surface area is 164 Å². The van der Waals surface area contributed by atoms with Crippen LogP contribution in [0.5, 0.6) is 0 Å². The van der Waals surface area contributed by atoms with Crippen LogP contribution >= 0.6 is 11.3 Å². The number of carbonyl (C=O) groups is 1. The molecule has 2 aromatic rings. The number of carbonyl (C=O) groups excluding carboxylic acids is 1. The highest BCUT2D eigenvalue weighted by Crippen LogP contribution is 2.28. The van der Waals surface area contributed by atoms with Crippen molar-refractivity contribution in [3.8, 4) is 0 Å². The van der Waals surface area contributed by atoms with Crippen LogP contribution in [0.2, 0.25) is 0 Å². The number of aryl methyl sites for hydroxylation is 2. The molecular weight excluding hydrogens is 360 g/mol. The Hall–Kier alpha value is -2.32. The standard InChI is InChI=1S/C19H26N6OS/c1-13-11-20-19(27-13)23-17-10-16(21-14(2)22-17)15-7-9-25(12-15)18(26)6-5-8-24(3)4/h5-6,10-11,15H,7-9,12H2,1-4H3,(H,20,21,22,23)/b6-5+/t15-/m1/s1. The van der Waals surface area contributed by atoms with E-state index in [1.54, 1.807) is 17.4 Å². The number of hydrogen-bond acceptors (Lipinski definition) is 7. The molecule has 3 heterocycles. The van der Waals surface area contributed by atoms with Gasteiger partial charge in [0.05, 0.1) is 5.69 Å². The zero-order valence-electron chi connectivity index (χ0n) is 16.3. The molecule has 8 heteroatoms. The second-order valence-electron chi connectivity index (χ2n) is 7.06. The van der Waals surface area contributed by atoms with Crippen molar-refractivity contribution in [1.82, 2.24) is 24.8 Å². The lowest BCUT2D eigenvalue weighted by Crippen LogP contribution is -2.27. The molecule has 0 radical (unpaired) electrons. The number of rotatable bonds is 6. The van der Waals surface area contributed by atoms with Crippen molar-refractivity contribution in [3.63, 3.8) is 0 Å². The maximum atomic E-state index is 12.3. The van der Waals surface area contributed by atoms with Crippen molar-refractivity contribution < 1.29 is 4.79 Å². The Morgan fingerprint density at radius 2 is 2.22 bits per heavy atom. The SMILES string of the molecule is Cc1nc(Nc2ncc(C)s2)cc([C@@H]2CCN(C(=O)/C=C/CN(C)C)C2)n1. The zero-order chi connectivity index (χ0) is 19.4. The van der Waals surface area contributed by atoms with Gasteiger partial charge in [0.15, 0.2) is 5.13 Å². The monoisotopic (exact) mass is 386 g/mol. The molecule has 1 aliphatic heterocycles. The molecule has 2 aromatic heterocycles. The molecule has 144 valence electrons. The van der Waals surface area contributed by atoms with Gasteiger partial charge in [-0.15, -0.1) is 11.3 Å². The van der Waals surface area contributed by atoms with E-state index in [9.17, 15) is 4.79 Å². The first-order valence-electron chi connectivity index (χ1n) is 9.06. The van der Waals surface area contributed by atoms with Gasteiger partial charge >= 0.3 is 0 Å². The summed E-state index contributed by atoms with van der Waals surface area (Å²) in [5, 5.41) is 4.09. The maximum absolute atomic E-state index is 12.3. The number of nitrogens with zero attached hydrogens (tertiary/aromatic N) is 5. The summed E-state index contributed by atoms with van der Waals surface area (Å²) in [6.07, 6.45) is 6.33. The number of amides is 1. The van der Waals surface area contributed by atoms with Gasteiger partial charge in [0, 0.05) is 48.8 Å². The summed E-state index contributed by atoms with van der Waals surface area (Å²) < 4.78 is 0. The average molecular weight is 387 g/mol. The topological polar surface area (TPSA) is 74.2 Å². The van der Waals surface area contributed by atoms with Gasteiger partial charge < -0.3 is 15.1 Å². The van der Waals surface area contributed by atoms with Crippen molar-refractivity contribution in [1.29, 1.82) is 0 Å². The van der Waals surface area contributed by atoms with E-state index in [1.165, 1.54) is 0 Å². The first kappa shape index (κ1) is 19.4. The lowest BCUT2D eigenvalue weighted by molar-refractivity contribution is -0.125. The number of anilines is 2. The molecule has 0 saturated carbocycles. The second kappa shape index (κ2) is 8.58. The molecule has 1 aliphatic rings. The predicted molar refractivity (Wildman–Crippen MR) is 109 cm³/mol. The summed E-state index contributed by atoms with van der Waals surface area (Å²) in [7, 11) is 3.97. The van der Waals surface area contributed by atoms with E-state index in [1.807, 2.05) is 56.1 Å². The molecule has 0 bridgehead atoms. The summed E-state index contributed by atoms with van der Waals surface area (Å²) in [5.74, 6) is 1.78. The first-order chi connectivity index (χ1) is 12.9.